The van der Waals surface area contributed by atoms with Gasteiger partial charge in [-0.2, -0.15) is 0 Å². The average molecular weight is 376 g/mol. The van der Waals surface area contributed by atoms with Crippen LogP contribution in [0.4, 0.5) is 0 Å². The molecule has 0 spiro atoms. The third-order valence-electron chi connectivity index (χ3n) is 4.71. The fourth-order valence-electron chi connectivity index (χ4n) is 3.30. The van der Waals surface area contributed by atoms with Gasteiger partial charge in [-0.15, -0.1) is 12.4 Å². The average Bonchev–Trinajstić information content (AvgIpc) is 2.68. The Bertz CT molecular complexity index is 675. The molecule has 0 saturated carbocycles. The summed E-state index contributed by atoms with van der Waals surface area (Å²) in [6, 6.07) is 18.1. The third-order valence-corrected chi connectivity index (χ3v) is 4.71. The number of aryl methyl sites for hydroxylation is 1. The van der Waals surface area contributed by atoms with Gasteiger partial charge in [0, 0.05) is 18.9 Å². The number of ether oxygens (including phenoxy) is 2. The number of hydrogen-bond acceptors (Lipinski definition) is 4. The second kappa shape index (κ2) is 10.2. The Hall–Kier alpha value is -2.04. The number of halogens is 1. The van der Waals surface area contributed by atoms with Crippen LogP contribution in [-0.4, -0.2) is 32.3 Å². The Morgan fingerprint density at radius 1 is 1.12 bits per heavy atom. The van der Waals surface area contributed by atoms with Gasteiger partial charge in [0.1, 0.15) is 11.9 Å². The molecule has 1 saturated heterocycles. The smallest absolute Gasteiger partial charge is 0.306 e. The summed E-state index contributed by atoms with van der Waals surface area (Å²) in [6.07, 6.45) is 1.96. The van der Waals surface area contributed by atoms with Gasteiger partial charge >= 0.3 is 5.97 Å². The van der Waals surface area contributed by atoms with Crippen molar-refractivity contribution >= 4 is 18.4 Å². The van der Waals surface area contributed by atoms with E-state index in [1.807, 2.05) is 42.5 Å². The van der Waals surface area contributed by atoms with Crippen molar-refractivity contribution < 1.29 is 14.3 Å². The van der Waals surface area contributed by atoms with Crippen LogP contribution in [0.1, 0.15) is 29.9 Å². The molecule has 1 N–H and O–H groups in total. The molecule has 1 fully saturated rings. The molecule has 0 bridgehead atoms. The van der Waals surface area contributed by atoms with Gasteiger partial charge in [-0.1, -0.05) is 42.5 Å². The van der Waals surface area contributed by atoms with Crippen molar-refractivity contribution in [1.29, 1.82) is 0 Å². The van der Waals surface area contributed by atoms with Gasteiger partial charge in [-0.3, -0.25) is 4.79 Å². The van der Waals surface area contributed by atoms with Crippen LogP contribution < -0.4 is 10.1 Å². The quantitative estimate of drug-likeness (QED) is 0.781. The monoisotopic (exact) mass is 375 g/mol. The molecular formula is C21H26ClNO3. The number of nitrogens with one attached hydrogen (secondary N) is 1. The van der Waals surface area contributed by atoms with E-state index in [1.165, 1.54) is 5.56 Å². The number of piperidine rings is 1. The molecule has 0 aromatic heterocycles. The number of methoxy groups -OCH3 is 1. The van der Waals surface area contributed by atoms with Crippen LogP contribution in [0.15, 0.2) is 54.6 Å². The number of benzene rings is 2. The highest BCUT2D eigenvalue weighted by molar-refractivity contribution is 5.85. The van der Waals surface area contributed by atoms with Crippen molar-refractivity contribution in [2.24, 2.45) is 0 Å². The maximum atomic E-state index is 12.3. The Morgan fingerprint density at radius 2 is 1.85 bits per heavy atom. The van der Waals surface area contributed by atoms with E-state index in [0.29, 0.717) is 19.4 Å². The largest absolute Gasteiger partial charge is 0.497 e. The molecule has 0 radical (unpaired) electrons. The number of carbonyl (C=O) groups is 1. The normalized spacial score (nSPS) is 19.3. The van der Waals surface area contributed by atoms with Gasteiger partial charge in [-0.25, -0.2) is 0 Å². The molecule has 2 aromatic rings. The van der Waals surface area contributed by atoms with E-state index in [1.54, 1.807) is 7.11 Å². The Morgan fingerprint density at radius 3 is 2.54 bits per heavy atom. The molecule has 5 heteroatoms. The minimum absolute atomic E-state index is 0. The van der Waals surface area contributed by atoms with Gasteiger partial charge in [0.25, 0.3) is 0 Å². The van der Waals surface area contributed by atoms with Crippen LogP contribution in [0.5, 0.6) is 5.75 Å². The minimum atomic E-state index is -0.134. The lowest BCUT2D eigenvalue weighted by molar-refractivity contribution is -0.150. The van der Waals surface area contributed by atoms with Gasteiger partial charge in [0.2, 0.25) is 0 Å². The van der Waals surface area contributed by atoms with Crippen molar-refractivity contribution in [3.8, 4) is 5.75 Å². The molecule has 2 atom stereocenters. The van der Waals surface area contributed by atoms with Crippen molar-refractivity contribution in [2.75, 3.05) is 20.2 Å². The maximum absolute atomic E-state index is 12.3. The van der Waals surface area contributed by atoms with Gasteiger partial charge in [0.05, 0.1) is 7.11 Å². The molecule has 1 heterocycles. The van der Waals surface area contributed by atoms with E-state index in [4.69, 9.17) is 9.47 Å². The van der Waals surface area contributed by atoms with E-state index in [-0.39, 0.29) is 30.4 Å². The highest BCUT2D eigenvalue weighted by Crippen LogP contribution is 2.28. The Balaban J connectivity index is 0.00000243. The van der Waals surface area contributed by atoms with E-state index in [9.17, 15) is 4.79 Å². The van der Waals surface area contributed by atoms with E-state index >= 15 is 0 Å². The predicted molar refractivity (Wildman–Crippen MR) is 105 cm³/mol. The van der Waals surface area contributed by atoms with Crippen molar-refractivity contribution in [2.45, 2.75) is 31.3 Å². The summed E-state index contributed by atoms with van der Waals surface area (Å²) in [6.45, 7) is 1.67. The second-order valence-electron chi connectivity index (χ2n) is 6.39. The molecule has 3 rings (SSSR count). The summed E-state index contributed by atoms with van der Waals surface area (Å²) >= 11 is 0. The summed E-state index contributed by atoms with van der Waals surface area (Å²) in [5.74, 6) is 0.961. The summed E-state index contributed by atoms with van der Waals surface area (Å²) in [5.41, 5.74) is 2.36. The first-order valence-corrected chi connectivity index (χ1v) is 8.84. The summed E-state index contributed by atoms with van der Waals surface area (Å²) in [4.78, 5) is 12.3. The number of esters is 1. The standard InChI is InChI=1S/C21H25NO3.ClH/c1-24-18-10-7-16(8-11-18)9-12-21(23)25-20-15-22-14-13-19(20)17-5-3-2-4-6-17;/h2-8,10-11,19-20,22H,9,12-15H2,1H3;1H/t19-,20+;/m1./s1. The molecule has 0 unspecified atom stereocenters. The number of carbonyl (C=O) groups excluding carboxylic acids is 1. The summed E-state index contributed by atoms with van der Waals surface area (Å²) < 4.78 is 10.9. The first-order chi connectivity index (χ1) is 12.3. The molecule has 140 valence electrons. The number of hydrogen-bond donors (Lipinski definition) is 1. The van der Waals surface area contributed by atoms with Gasteiger partial charge in [0.15, 0.2) is 0 Å². The van der Waals surface area contributed by atoms with Crippen LogP contribution in [0.2, 0.25) is 0 Å². The molecule has 0 aliphatic carbocycles. The third kappa shape index (κ3) is 5.48. The lowest BCUT2D eigenvalue weighted by Gasteiger charge is -2.32. The van der Waals surface area contributed by atoms with E-state index in [0.717, 1.165) is 24.3 Å². The highest BCUT2D eigenvalue weighted by Gasteiger charge is 2.29. The lowest BCUT2D eigenvalue weighted by atomic mass is 9.88. The fourth-order valence-corrected chi connectivity index (χ4v) is 3.30. The SMILES string of the molecule is COc1ccc(CCC(=O)O[C@H]2CNCC[C@@H]2c2ccccc2)cc1.Cl. The van der Waals surface area contributed by atoms with Crippen LogP contribution in [-0.2, 0) is 16.0 Å². The predicted octanol–water partition coefficient (Wildman–Crippen LogP) is 3.74. The first-order valence-electron chi connectivity index (χ1n) is 8.84. The van der Waals surface area contributed by atoms with E-state index in [2.05, 4.69) is 17.4 Å². The van der Waals surface area contributed by atoms with Crippen LogP contribution in [0, 0.1) is 0 Å². The second-order valence-corrected chi connectivity index (χ2v) is 6.39. The van der Waals surface area contributed by atoms with Crippen LogP contribution >= 0.6 is 12.4 Å². The van der Waals surface area contributed by atoms with Gasteiger partial charge in [-0.05, 0) is 42.6 Å². The van der Waals surface area contributed by atoms with Crippen LogP contribution in [0.25, 0.3) is 0 Å². The lowest BCUT2D eigenvalue weighted by Crippen LogP contribution is -2.42. The first kappa shape index (κ1) is 20.3. The zero-order valence-electron chi connectivity index (χ0n) is 15.0. The van der Waals surface area contributed by atoms with Gasteiger partial charge < -0.3 is 14.8 Å². The minimum Gasteiger partial charge on any atom is -0.497 e. The zero-order chi connectivity index (χ0) is 17.5. The highest BCUT2D eigenvalue weighted by atomic mass is 35.5. The molecule has 1 aliphatic rings. The van der Waals surface area contributed by atoms with Crippen molar-refractivity contribution in [3.05, 3.63) is 65.7 Å². The topological polar surface area (TPSA) is 47.6 Å². The molecule has 26 heavy (non-hydrogen) atoms. The Labute approximate surface area is 161 Å². The molecular weight excluding hydrogens is 350 g/mol. The summed E-state index contributed by atoms with van der Waals surface area (Å²) in [7, 11) is 1.65. The van der Waals surface area contributed by atoms with Crippen LogP contribution in [0.3, 0.4) is 0 Å². The Kier molecular flexibility index (Phi) is 7.95. The molecule has 1 aliphatic heterocycles. The maximum Gasteiger partial charge on any atom is 0.306 e. The van der Waals surface area contributed by atoms with Crippen molar-refractivity contribution in [1.82, 2.24) is 5.32 Å². The van der Waals surface area contributed by atoms with Crippen molar-refractivity contribution in [3.63, 3.8) is 0 Å². The zero-order valence-corrected chi connectivity index (χ0v) is 15.8. The molecule has 0 amide bonds. The summed E-state index contributed by atoms with van der Waals surface area (Å²) in [5, 5.41) is 3.34. The number of rotatable bonds is 6. The fraction of sp³-hybridized carbons (Fsp3) is 0.381. The van der Waals surface area contributed by atoms with E-state index < -0.39 is 0 Å². The molecule has 4 nitrogen and oxygen atoms in total. The molecule has 2 aromatic carbocycles.